The average molecular weight is 285 g/mol. The van der Waals surface area contributed by atoms with E-state index in [0.29, 0.717) is 25.3 Å². The summed E-state index contributed by atoms with van der Waals surface area (Å²) in [5, 5.41) is 7.54. The number of nitrogens with two attached hydrogens (primary N) is 1. The second-order valence-corrected chi connectivity index (χ2v) is 5.05. The van der Waals surface area contributed by atoms with Gasteiger partial charge < -0.3 is 21.1 Å². The number of hydrogen-bond acceptors (Lipinski definition) is 5. The monoisotopic (exact) mass is 285 g/mol. The van der Waals surface area contributed by atoms with Crippen LogP contribution in [0.25, 0.3) is 0 Å². The highest BCUT2D eigenvalue weighted by atomic mass is 32.1. The van der Waals surface area contributed by atoms with E-state index in [-0.39, 0.29) is 11.9 Å². The van der Waals surface area contributed by atoms with Gasteiger partial charge in [-0.25, -0.2) is 0 Å². The number of rotatable bonds is 8. The fraction of sp³-hybridized carbons (Fsp3) is 0.500. The summed E-state index contributed by atoms with van der Waals surface area (Å²) >= 11 is 1.44. The first-order valence-electron chi connectivity index (χ1n) is 5.92. The summed E-state index contributed by atoms with van der Waals surface area (Å²) < 4.78 is 4.85. The molecule has 2 amide bonds. The molecular weight excluding hydrogens is 266 g/mol. The van der Waals surface area contributed by atoms with Crippen molar-refractivity contribution in [2.75, 3.05) is 20.3 Å². The van der Waals surface area contributed by atoms with Gasteiger partial charge in [-0.05, 0) is 13.0 Å². The van der Waals surface area contributed by atoms with E-state index >= 15 is 0 Å². The van der Waals surface area contributed by atoms with Gasteiger partial charge in [0.1, 0.15) is 0 Å². The summed E-state index contributed by atoms with van der Waals surface area (Å²) in [5.41, 5.74) is 5.67. The van der Waals surface area contributed by atoms with Crippen molar-refractivity contribution in [3.8, 4) is 0 Å². The predicted octanol–water partition coefficient (Wildman–Crippen LogP) is 0.0877. The molecule has 1 unspecified atom stereocenters. The summed E-state index contributed by atoms with van der Waals surface area (Å²) in [7, 11) is 1.58. The van der Waals surface area contributed by atoms with Gasteiger partial charge in [0.2, 0.25) is 11.8 Å². The highest BCUT2D eigenvalue weighted by Crippen LogP contribution is 2.13. The van der Waals surface area contributed by atoms with E-state index in [1.807, 2.05) is 0 Å². The number of carbonyl (C=O) groups is 2. The lowest BCUT2D eigenvalue weighted by molar-refractivity contribution is -0.122. The van der Waals surface area contributed by atoms with Gasteiger partial charge in [0, 0.05) is 30.5 Å². The molecule has 0 fully saturated rings. The molecule has 7 heteroatoms. The minimum atomic E-state index is -0.437. The van der Waals surface area contributed by atoms with Gasteiger partial charge in [0.15, 0.2) is 0 Å². The molecule has 0 aliphatic heterocycles. The lowest BCUT2D eigenvalue weighted by Gasteiger charge is -2.13. The van der Waals surface area contributed by atoms with Crippen LogP contribution in [-0.2, 0) is 16.1 Å². The second kappa shape index (κ2) is 7.88. The fourth-order valence-electron chi connectivity index (χ4n) is 1.38. The molecule has 0 spiro atoms. The van der Waals surface area contributed by atoms with E-state index in [1.54, 1.807) is 25.5 Å². The highest BCUT2D eigenvalue weighted by Gasteiger charge is 2.12. The number of methoxy groups -OCH3 is 1. The van der Waals surface area contributed by atoms with Gasteiger partial charge in [-0.1, -0.05) is 0 Å². The number of primary amides is 1. The maximum Gasteiger partial charge on any atom is 0.249 e. The predicted molar refractivity (Wildman–Crippen MR) is 74.0 cm³/mol. The van der Waals surface area contributed by atoms with Crippen molar-refractivity contribution < 1.29 is 14.3 Å². The molecule has 0 saturated heterocycles. The van der Waals surface area contributed by atoms with Crippen LogP contribution in [-0.4, -0.2) is 38.1 Å². The molecule has 106 valence electrons. The number of thiophene rings is 1. The topological polar surface area (TPSA) is 93.4 Å². The SMILES string of the molecule is COCCNC(=O)C(C)NCc1cc(C(N)=O)cs1. The Bertz CT molecular complexity index is 434. The van der Waals surface area contributed by atoms with Crippen LogP contribution < -0.4 is 16.4 Å². The third-order valence-electron chi connectivity index (χ3n) is 2.52. The van der Waals surface area contributed by atoms with Crippen molar-refractivity contribution in [1.29, 1.82) is 0 Å². The van der Waals surface area contributed by atoms with E-state index in [4.69, 9.17) is 10.5 Å². The third kappa shape index (κ3) is 5.37. The van der Waals surface area contributed by atoms with Crippen molar-refractivity contribution in [2.24, 2.45) is 5.73 Å². The lowest BCUT2D eigenvalue weighted by atomic mass is 10.2. The zero-order chi connectivity index (χ0) is 14.3. The van der Waals surface area contributed by atoms with E-state index in [9.17, 15) is 9.59 Å². The van der Waals surface area contributed by atoms with E-state index < -0.39 is 5.91 Å². The van der Waals surface area contributed by atoms with Crippen LogP contribution >= 0.6 is 11.3 Å². The summed E-state index contributed by atoms with van der Waals surface area (Å²) in [6.45, 7) is 3.29. The zero-order valence-corrected chi connectivity index (χ0v) is 11.9. The van der Waals surface area contributed by atoms with Crippen LogP contribution in [0.4, 0.5) is 0 Å². The Labute approximate surface area is 116 Å². The summed E-state index contributed by atoms with van der Waals surface area (Å²) in [6, 6.07) is 1.42. The Morgan fingerprint density at radius 3 is 2.84 bits per heavy atom. The van der Waals surface area contributed by atoms with Gasteiger partial charge >= 0.3 is 0 Å². The Balaban J connectivity index is 2.34. The lowest BCUT2D eigenvalue weighted by Crippen LogP contribution is -2.42. The highest BCUT2D eigenvalue weighted by molar-refractivity contribution is 7.10. The smallest absolute Gasteiger partial charge is 0.249 e. The number of hydrogen-bond donors (Lipinski definition) is 3. The molecule has 1 aromatic rings. The summed E-state index contributed by atoms with van der Waals surface area (Å²) in [6.07, 6.45) is 0. The van der Waals surface area contributed by atoms with Gasteiger partial charge in [0.25, 0.3) is 0 Å². The average Bonchev–Trinajstić information content (AvgIpc) is 2.85. The minimum Gasteiger partial charge on any atom is -0.383 e. The van der Waals surface area contributed by atoms with Crippen molar-refractivity contribution in [2.45, 2.75) is 19.5 Å². The van der Waals surface area contributed by atoms with Crippen LogP contribution in [0.15, 0.2) is 11.4 Å². The van der Waals surface area contributed by atoms with Crippen LogP contribution in [0, 0.1) is 0 Å². The second-order valence-electron chi connectivity index (χ2n) is 4.05. The molecule has 0 saturated carbocycles. The first-order chi connectivity index (χ1) is 9.04. The number of ether oxygens (including phenoxy) is 1. The Kier molecular flexibility index (Phi) is 6.48. The van der Waals surface area contributed by atoms with Crippen molar-refractivity contribution in [3.63, 3.8) is 0 Å². The van der Waals surface area contributed by atoms with E-state index in [1.165, 1.54) is 11.3 Å². The van der Waals surface area contributed by atoms with Gasteiger partial charge in [-0.3, -0.25) is 9.59 Å². The van der Waals surface area contributed by atoms with Crippen LogP contribution in [0.5, 0.6) is 0 Å². The van der Waals surface area contributed by atoms with Crippen LogP contribution in [0.2, 0.25) is 0 Å². The number of amides is 2. The maximum atomic E-state index is 11.7. The zero-order valence-electron chi connectivity index (χ0n) is 11.1. The maximum absolute atomic E-state index is 11.7. The minimum absolute atomic E-state index is 0.0799. The van der Waals surface area contributed by atoms with Gasteiger partial charge in [-0.2, -0.15) is 0 Å². The molecule has 0 aliphatic rings. The van der Waals surface area contributed by atoms with Crippen molar-refractivity contribution >= 4 is 23.2 Å². The van der Waals surface area contributed by atoms with E-state index in [0.717, 1.165) is 4.88 Å². The quantitative estimate of drug-likeness (QED) is 0.590. The summed E-state index contributed by atoms with van der Waals surface area (Å²) in [5.74, 6) is -0.517. The molecule has 0 radical (unpaired) electrons. The molecular formula is C12H19N3O3S. The van der Waals surface area contributed by atoms with E-state index in [2.05, 4.69) is 10.6 Å². The van der Waals surface area contributed by atoms with Gasteiger partial charge in [-0.15, -0.1) is 11.3 Å². The molecule has 0 aromatic carbocycles. The molecule has 1 atom stereocenters. The molecule has 1 rings (SSSR count). The van der Waals surface area contributed by atoms with Crippen LogP contribution in [0.3, 0.4) is 0 Å². The molecule has 1 heterocycles. The van der Waals surface area contributed by atoms with Crippen molar-refractivity contribution in [1.82, 2.24) is 10.6 Å². The van der Waals surface area contributed by atoms with Crippen molar-refractivity contribution in [3.05, 3.63) is 21.9 Å². The Morgan fingerprint density at radius 2 is 2.26 bits per heavy atom. The first-order valence-corrected chi connectivity index (χ1v) is 6.79. The number of carbonyl (C=O) groups excluding carboxylic acids is 2. The molecule has 6 nitrogen and oxygen atoms in total. The van der Waals surface area contributed by atoms with Gasteiger partial charge in [0.05, 0.1) is 18.2 Å². The fourth-order valence-corrected chi connectivity index (χ4v) is 2.20. The molecule has 1 aromatic heterocycles. The molecule has 4 N–H and O–H groups in total. The normalized spacial score (nSPS) is 12.1. The molecule has 19 heavy (non-hydrogen) atoms. The number of nitrogens with one attached hydrogen (secondary N) is 2. The standard InChI is InChI=1S/C12H19N3O3S/c1-8(12(17)14-3-4-18-2)15-6-10-5-9(7-19-10)11(13)16/h5,7-8,15H,3-4,6H2,1-2H3,(H2,13,16)(H,14,17). The largest absolute Gasteiger partial charge is 0.383 e. The third-order valence-corrected chi connectivity index (χ3v) is 3.46. The Morgan fingerprint density at radius 1 is 1.53 bits per heavy atom. The molecule has 0 aliphatic carbocycles. The molecule has 0 bridgehead atoms. The summed E-state index contributed by atoms with van der Waals surface area (Å²) in [4.78, 5) is 23.6. The van der Waals surface area contributed by atoms with Crippen LogP contribution in [0.1, 0.15) is 22.2 Å². The first kappa shape index (κ1) is 15.6. The Hall–Kier alpha value is -1.44.